The second-order valence-corrected chi connectivity index (χ2v) is 9.05. The van der Waals surface area contributed by atoms with Crippen LogP contribution >= 0.6 is 0 Å². The van der Waals surface area contributed by atoms with Crippen LogP contribution in [-0.4, -0.2) is 30.9 Å². The monoisotopic (exact) mass is 428 g/mol. The summed E-state index contributed by atoms with van der Waals surface area (Å²) >= 11 is 0. The largest absolute Gasteiger partial charge is 0.465 e. The molecule has 0 saturated heterocycles. The van der Waals surface area contributed by atoms with E-state index in [0.29, 0.717) is 11.6 Å². The Bertz CT molecular complexity index is 1220. The third-order valence-corrected chi connectivity index (χ3v) is 7.41. The van der Waals surface area contributed by atoms with Gasteiger partial charge in [-0.3, -0.25) is 0 Å². The van der Waals surface area contributed by atoms with Crippen LogP contribution in [0.3, 0.4) is 0 Å². The molecule has 0 bridgehead atoms. The smallest absolute Gasteiger partial charge is 0.338 e. The lowest BCUT2D eigenvalue weighted by Gasteiger charge is -2.51. The van der Waals surface area contributed by atoms with Gasteiger partial charge in [0.25, 0.3) is 0 Å². The number of benzene rings is 3. The highest BCUT2D eigenvalue weighted by Crippen LogP contribution is 2.48. The first kappa shape index (κ1) is 19.4. The van der Waals surface area contributed by atoms with Crippen molar-refractivity contribution in [2.75, 3.05) is 20.4 Å². The third-order valence-electron chi connectivity index (χ3n) is 7.41. The second kappa shape index (κ2) is 7.38. The van der Waals surface area contributed by atoms with Crippen LogP contribution in [0.25, 0.3) is 0 Å². The van der Waals surface area contributed by atoms with E-state index in [1.165, 1.54) is 29.4 Å². The number of nitrogens with zero attached hydrogens (tertiary/aromatic N) is 1. The lowest BCUT2D eigenvalue weighted by atomic mass is 9.80. The molecule has 0 spiro atoms. The van der Waals surface area contributed by atoms with Gasteiger partial charge >= 0.3 is 5.97 Å². The molecule has 32 heavy (non-hydrogen) atoms. The van der Waals surface area contributed by atoms with Gasteiger partial charge in [0.05, 0.1) is 19.2 Å². The fourth-order valence-electron chi connectivity index (χ4n) is 5.82. The molecule has 0 aromatic heterocycles. The summed E-state index contributed by atoms with van der Waals surface area (Å²) in [6, 6.07) is 21.3. The molecular weight excluding hydrogens is 402 g/mol. The van der Waals surface area contributed by atoms with Crippen LogP contribution in [0.15, 0.2) is 60.7 Å². The maximum atomic E-state index is 12.5. The van der Waals surface area contributed by atoms with E-state index >= 15 is 0 Å². The Labute approximate surface area is 187 Å². The van der Waals surface area contributed by atoms with Crippen molar-refractivity contribution in [3.8, 4) is 11.5 Å². The summed E-state index contributed by atoms with van der Waals surface area (Å²) in [7, 11) is 1.45. The molecular formula is C27H26NO4+. The van der Waals surface area contributed by atoms with Gasteiger partial charge in [0, 0.05) is 29.5 Å². The normalized spacial score (nSPS) is 22.5. The lowest BCUT2D eigenvalue weighted by molar-refractivity contribution is -0.985. The van der Waals surface area contributed by atoms with Crippen LogP contribution in [0.2, 0.25) is 0 Å². The molecule has 3 heterocycles. The van der Waals surface area contributed by atoms with Gasteiger partial charge in [-0.1, -0.05) is 42.5 Å². The number of quaternary nitrogens is 1. The van der Waals surface area contributed by atoms with Crippen molar-refractivity contribution >= 4 is 5.97 Å². The zero-order chi connectivity index (χ0) is 21.7. The molecule has 5 nitrogen and oxygen atoms in total. The number of carbonyl (C=O) groups is 1. The Kier molecular flexibility index (Phi) is 4.47. The first-order valence-electron chi connectivity index (χ1n) is 11.2. The maximum Gasteiger partial charge on any atom is 0.338 e. The van der Waals surface area contributed by atoms with Crippen LogP contribution in [0, 0.1) is 0 Å². The molecule has 6 rings (SSSR count). The van der Waals surface area contributed by atoms with Crippen molar-refractivity contribution in [1.82, 2.24) is 0 Å². The van der Waals surface area contributed by atoms with Gasteiger partial charge in [0.15, 0.2) is 11.5 Å². The first-order valence-corrected chi connectivity index (χ1v) is 11.2. The van der Waals surface area contributed by atoms with Crippen LogP contribution in [-0.2, 0) is 30.7 Å². The number of carbonyl (C=O) groups excluding carboxylic acids is 1. The van der Waals surface area contributed by atoms with Gasteiger partial charge in [-0.15, -0.1) is 0 Å². The summed E-state index contributed by atoms with van der Waals surface area (Å²) in [5, 5.41) is 0. The Hall–Kier alpha value is -3.31. The van der Waals surface area contributed by atoms with E-state index in [2.05, 4.69) is 42.5 Å². The van der Waals surface area contributed by atoms with Crippen molar-refractivity contribution < 1.29 is 23.5 Å². The van der Waals surface area contributed by atoms with Crippen molar-refractivity contribution in [2.45, 2.75) is 32.0 Å². The van der Waals surface area contributed by atoms with E-state index in [4.69, 9.17) is 14.2 Å². The molecule has 0 saturated carbocycles. The van der Waals surface area contributed by atoms with E-state index in [1.54, 1.807) is 0 Å². The van der Waals surface area contributed by atoms with E-state index < -0.39 is 0 Å². The summed E-state index contributed by atoms with van der Waals surface area (Å²) in [5.41, 5.74) is 7.24. The Morgan fingerprint density at radius 2 is 1.75 bits per heavy atom. The molecule has 162 valence electrons. The van der Waals surface area contributed by atoms with Gasteiger partial charge in [0.2, 0.25) is 6.79 Å². The maximum absolute atomic E-state index is 12.5. The number of hydrogen-bond acceptors (Lipinski definition) is 4. The molecule has 2 atom stereocenters. The van der Waals surface area contributed by atoms with E-state index in [1.807, 2.05) is 18.2 Å². The third kappa shape index (κ3) is 3.00. The minimum Gasteiger partial charge on any atom is -0.465 e. The Balaban J connectivity index is 1.48. The number of rotatable bonds is 3. The Morgan fingerprint density at radius 1 is 1.00 bits per heavy atom. The minimum absolute atomic E-state index is 0.270. The molecule has 5 heteroatoms. The summed E-state index contributed by atoms with van der Waals surface area (Å²) < 4.78 is 17.4. The van der Waals surface area contributed by atoms with Crippen molar-refractivity contribution in [3.05, 3.63) is 94.0 Å². The molecule has 0 aliphatic carbocycles. The van der Waals surface area contributed by atoms with Crippen LogP contribution < -0.4 is 9.47 Å². The fourth-order valence-corrected chi connectivity index (χ4v) is 5.82. The summed E-state index contributed by atoms with van der Waals surface area (Å²) in [5.74, 6) is 1.43. The fraction of sp³-hybridized carbons (Fsp3) is 0.296. The topological polar surface area (TPSA) is 44.8 Å². The number of esters is 1. The van der Waals surface area contributed by atoms with Crippen molar-refractivity contribution in [2.24, 2.45) is 0 Å². The van der Waals surface area contributed by atoms with Crippen LogP contribution in [0.1, 0.15) is 44.2 Å². The summed E-state index contributed by atoms with van der Waals surface area (Å²) in [6.45, 7) is 3.04. The highest BCUT2D eigenvalue weighted by Gasteiger charge is 2.47. The lowest BCUT2D eigenvalue weighted by Crippen LogP contribution is -2.55. The van der Waals surface area contributed by atoms with Gasteiger partial charge in [-0.25, -0.2) is 4.79 Å². The zero-order valence-electron chi connectivity index (χ0n) is 18.2. The van der Waals surface area contributed by atoms with E-state index in [0.717, 1.165) is 54.0 Å². The van der Waals surface area contributed by atoms with E-state index in [9.17, 15) is 4.79 Å². The quantitative estimate of drug-likeness (QED) is 0.453. The molecule has 3 aliphatic heterocycles. The second-order valence-electron chi connectivity index (χ2n) is 9.05. The average molecular weight is 429 g/mol. The predicted molar refractivity (Wildman–Crippen MR) is 119 cm³/mol. The number of fused-ring (bicyclic) bond motifs is 5. The van der Waals surface area contributed by atoms with E-state index in [-0.39, 0.29) is 12.8 Å². The molecule has 0 radical (unpaired) electrons. The van der Waals surface area contributed by atoms with Crippen LogP contribution in [0.5, 0.6) is 11.5 Å². The van der Waals surface area contributed by atoms with Gasteiger partial charge in [-0.05, 0) is 29.3 Å². The highest BCUT2D eigenvalue weighted by atomic mass is 16.7. The van der Waals surface area contributed by atoms with Crippen molar-refractivity contribution in [1.29, 1.82) is 0 Å². The molecule has 0 fully saturated rings. The number of methoxy groups -OCH3 is 1. The predicted octanol–water partition coefficient (Wildman–Crippen LogP) is 4.57. The highest BCUT2D eigenvalue weighted by molar-refractivity contribution is 5.90. The minimum atomic E-state index is -0.270. The number of ether oxygens (including phenoxy) is 3. The standard InChI is InChI=1S/C27H26NO4/c1-30-27(29)22-9-5-4-8-21(22)16-28-11-10-19-13-25-26(32-17-31-25)14-23(19)24(28)12-18-6-2-3-7-20(18)15-28/h2-9,13-14,24H,10-12,15-17H2,1H3/q+1. The SMILES string of the molecule is COC(=O)c1ccccc1C[N+]12CCc3cc4c(cc3C1Cc1ccccc1C2)OCO4. The van der Waals surface area contributed by atoms with Gasteiger partial charge in [-0.2, -0.15) is 0 Å². The van der Waals surface area contributed by atoms with Gasteiger partial charge < -0.3 is 18.7 Å². The number of hydrogen-bond donors (Lipinski definition) is 0. The zero-order valence-corrected chi connectivity index (χ0v) is 18.2. The average Bonchev–Trinajstić information content (AvgIpc) is 3.29. The first-order chi connectivity index (χ1) is 15.7. The summed E-state index contributed by atoms with van der Waals surface area (Å²) in [6.07, 6.45) is 1.95. The molecule has 0 N–H and O–H groups in total. The van der Waals surface area contributed by atoms with Crippen molar-refractivity contribution in [3.63, 3.8) is 0 Å². The molecule has 2 unspecified atom stereocenters. The van der Waals surface area contributed by atoms with Crippen LogP contribution in [0.4, 0.5) is 0 Å². The summed E-state index contributed by atoms with van der Waals surface area (Å²) in [4.78, 5) is 12.5. The van der Waals surface area contributed by atoms with Gasteiger partial charge in [0.1, 0.15) is 19.1 Å². The molecule has 0 amide bonds. The Morgan fingerprint density at radius 3 is 2.59 bits per heavy atom. The molecule has 3 aromatic rings. The molecule has 3 aliphatic rings. The molecule has 3 aromatic carbocycles.